The van der Waals surface area contributed by atoms with E-state index in [1.807, 2.05) is 6.07 Å². The Hall–Kier alpha value is -1.28. The van der Waals surface area contributed by atoms with Gasteiger partial charge in [0.05, 0.1) is 31.2 Å². The van der Waals surface area contributed by atoms with Crippen LogP contribution < -0.4 is 0 Å². The average Bonchev–Trinajstić information content (AvgIpc) is 2.43. The number of aliphatic hydroxyl groups excluding tert-OH is 1. The van der Waals surface area contributed by atoms with Crippen molar-refractivity contribution in [3.63, 3.8) is 0 Å². The Labute approximate surface area is 76.5 Å². The summed E-state index contributed by atoms with van der Waals surface area (Å²) in [4.78, 5) is 12.5. The fourth-order valence-electron chi connectivity index (χ4n) is 1.48. The fraction of sp³-hybridized carbons (Fsp3) is 0.750. The molecular weight excluding hydrogens is 172 g/mol. The van der Waals surface area contributed by atoms with Crippen molar-refractivity contribution in [1.29, 1.82) is 5.26 Å². The highest BCUT2D eigenvalue weighted by Crippen LogP contribution is 2.23. The van der Waals surface area contributed by atoms with Gasteiger partial charge >= 0.3 is 6.09 Å². The smallest absolute Gasteiger partial charge is 0.409 e. The van der Waals surface area contributed by atoms with Gasteiger partial charge in [0, 0.05) is 6.54 Å². The van der Waals surface area contributed by atoms with Crippen molar-refractivity contribution in [2.75, 3.05) is 13.7 Å². The Morgan fingerprint density at radius 1 is 1.77 bits per heavy atom. The number of methoxy groups -OCH3 is 1. The second-order valence-electron chi connectivity index (χ2n) is 3.09. The molecule has 0 radical (unpaired) electrons. The summed E-state index contributed by atoms with van der Waals surface area (Å²) in [5.74, 6) is -0.505. The van der Waals surface area contributed by atoms with Crippen molar-refractivity contribution in [3.8, 4) is 6.07 Å². The van der Waals surface area contributed by atoms with Crippen LogP contribution in [-0.2, 0) is 4.74 Å². The van der Waals surface area contributed by atoms with Gasteiger partial charge in [0.25, 0.3) is 0 Å². The molecular formula is C8H12N2O3. The number of rotatable bonds is 0. The lowest BCUT2D eigenvalue weighted by Gasteiger charge is -2.20. The topological polar surface area (TPSA) is 73.6 Å². The highest BCUT2D eigenvalue weighted by Gasteiger charge is 2.41. The molecule has 1 aliphatic heterocycles. The minimum atomic E-state index is -0.774. The van der Waals surface area contributed by atoms with Crippen molar-refractivity contribution in [2.24, 2.45) is 5.92 Å². The second kappa shape index (κ2) is 3.62. The first-order valence-electron chi connectivity index (χ1n) is 4.04. The first-order valence-corrected chi connectivity index (χ1v) is 4.04. The molecule has 5 heteroatoms. The van der Waals surface area contributed by atoms with E-state index in [1.165, 1.54) is 12.0 Å². The Morgan fingerprint density at radius 2 is 2.38 bits per heavy atom. The molecule has 1 N–H and O–H groups in total. The summed E-state index contributed by atoms with van der Waals surface area (Å²) in [6.07, 6.45) is -1.27. The molecule has 13 heavy (non-hydrogen) atoms. The summed E-state index contributed by atoms with van der Waals surface area (Å²) in [6, 6.07) is 1.60. The lowest BCUT2D eigenvalue weighted by Crippen LogP contribution is -2.37. The van der Waals surface area contributed by atoms with E-state index in [1.54, 1.807) is 6.92 Å². The van der Waals surface area contributed by atoms with Gasteiger partial charge in [-0.1, -0.05) is 0 Å². The molecule has 1 fully saturated rings. The minimum Gasteiger partial charge on any atom is -0.453 e. The lowest BCUT2D eigenvalue weighted by atomic mass is 10.1. The van der Waals surface area contributed by atoms with Crippen LogP contribution in [0, 0.1) is 17.2 Å². The van der Waals surface area contributed by atoms with Crippen molar-refractivity contribution in [1.82, 2.24) is 4.90 Å². The van der Waals surface area contributed by atoms with Gasteiger partial charge in [-0.3, -0.25) is 0 Å². The number of ether oxygens (including phenoxy) is 1. The van der Waals surface area contributed by atoms with Crippen LogP contribution in [0.3, 0.4) is 0 Å². The number of nitriles is 1. The van der Waals surface area contributed by atoms with Gasteiger partial charge in [-0.25, -0.2) is 4.79 Å². The van der Waals surface area contributed by atoms with E-state index in [0.717, 1.165) is 0 Å². The molecule has 0 saturated carbocycles. The van der Waals surface area contributed by atoms with E-state index in [2.05, 4.69) is 4.74 Å². The van der Waals surface area contributed by atoms with Crippen molar-refractivity contribution in [3.05, 3.63) is 0 Å². The van der Waals surface area contributed by atoms with Crippen LogP contribution in [0.25, 0.3) is 0 Å². The zero-order valence-corrected chi connectivity index (χ0v) is 7.60. The molecule has 5 nitrogen and oxygen atoms in total. The summed E-state index contributed by atoms with van der Waals surface area (Å²) in [7, 11) is 1.28. The van der Waals surface area contributed by atoms with Crippen LogP contribution in [0.2, 0.25) is 0 Å². The van der Waals surface area contributed by atoms with E-state index in [4.69, 9.17) is 5.26 Å². The standard InChI is InChI=1S/C8H12N2O3/c1-5-7(11)6(3-9)4-10(5)8(12)13-2/h5-7,11H,4H2,1-2H3. The highest BCUT2D eigenvalue weighted by molar-refractivity contribution is 5.68. The average molecular weight is 184 g/mol. The largest absolute Gasteiger partial charge is 0.453 e. The minimum absolute atomic E-state index is 0.242. The molecule has 0 spiro atoms. The molecule has 0 bridgehead atoms. The molecule has 1 heterocycles. The second-order valence-corrected chi connectivity index (χ2v) is 3.09. The Balaban J connectivity index is 2.72. The number of carbonyl (C=O) groups excluding carboxylic acids is 1. The normalized spacial score (nSPS) is 32.8. The number of nitrogens with zero attached hydrogens (tertiary/aromatic N) is 2. The molecule has 1 rings (SSSR count). The van der Waals surface area contributed by atoms with E-state index in [-0.39, 0.29) is 12.6 Å². The van der Waals surface area contributed by atoms with Crippen LogP contribution in [0.15, 0.2) is 0 Å². The molecule has 0 aromatic rings. The number of hydrogen-bond acceptors (Lipinski definition) is 4. The predicted molar refractivity (Wildman–Crippen MR) is 43.7 cm³/mol. The number of carbonyl (C=O) groups is 1. The van der Waals surface area contributed by atoms with Crippen LogP contribution in [-0.4, -0.2) is 41.9 Å². The molecule has 0 aromatic carbocycles. The fourth-order valence-corrected chi connectivity index (χ4v) is 1.48. The summed E-state index contributed by atoms with van der Waals surface area (Å²) in [5, 5.41) is 18.1. The van der Waals surface area contributed by atoms with Gasteiger partial charge in [0.15, 0.2) is 0 Å². The molecule has 1 amide bonds. The maximum absolute atomic E-state index is 11.1. The monoisotopic (exact) mass is 184 g/mol. The van der Waals surface area contributed by atoms with E-state index in [9.17, 15) is 9.90 Å². The van der Waals surface area contributed by atoms with Crippen molar-refractivity contribution < 1.29 is 14.6 Å². The van der Waals surface area contributed by atoms with E-state index < -0.39 is 18.1 Å². The molecule has 0 aliphatic carbocycles. The van der Waals surface area contributed by atoms with Crippen LogP contribution >= 0.6 is 0 Å². The molecule has 3 atom stereocenters. The summed E-state index contributed by atoms with van der Waals surface area (Å²) >= 11 is 0. The van der Waals surface area contributed by atoms with Gasteiger partial charge in [-0.05, 0) is 6.92 Å². The van der Waals surface area contributed by atoms with Gasteiger partial charge in [-0.2, -0.15) is 5.26 Å². The SMILES string of the molecule is COC(=O)N1CC(C#N)C(O)C1C. The molecule has 0 aromatic heterocycles. The van der Waals surface area contributed by atoms with Crippen molar-refractivity contribution in [2.45, 2.75) is 19.1 Å². The molecule has 3 unspecified atom stereocenters. The van der Waals surface area contributed by atoms with Gasteiger partial charge in [0.2, 0.25) is 0 Å². The predicted octanol–water partition coefficient (Wildman–Crippen LogP) is -0.0424. The van der Waals surface area contributed by atoms with Crippen LogP contribution in [0.4, 0.5) is 4.79 Å². The zero-order chi connectivity index (χ0) is 10.0. The third-order valence-corrected chi connectivity index (χ3v) is 2.37. The van der Waals surface area contributed by atoms with Gasteiger partial charge in [-0.15, -0.1) is 0 Å². The zero-order valence-electron chi connectivity index (χ0n) is 7.60. The summed E-state index contributed by atoms with van der Waals surface area (Å²) < 4.78 is 4.51. The third-order valence-electron chi connectivity index (χ3n) is 2.37. The van der Waals surface area contributed by atoms with Crippen molar-refractivity contribution >= 4 is 6.09 Å². The summed E-state index contributed by atoms with van der Waals surface area (Å²) in [6.45, 7) is 1.93. The van der Waals surface area contributed by atoms with E-state index >= 15 is 0 Å². The lowest BCUT2D eigenvalue weighted by molar-refractivity contribution is 0.0919. The maximum atomic E-state index is 11.1. The van der Waals surface area contributed by atoms with E-state index in [0.29, 0.717) is 0 Å². The number of hydrogen-bond donors (Lipinski definition) is 1. The van der Waals surface area contributed by atoms with Gasteiger partial charge in [0.1, 0.15) is 0 Å². The quantitative estimate of drug-likeness (QED) is 0.573. The highest BCUT2D eigenvalue weighted by atomic mass is 16.5. The van der Waals surface area contributed by atoms with Crippen LogP contribution in [0.5, 0.6) is 0 Å². The summed E-state index contributed by atoms with van der Waals surface area (Å²) in [5.41, 5.74) is 0. The number of likely N-dealkylation sites (tertiary alicyclic amines) is 1. The number of amides is 1. The number of aliphatic hydroxyl groups is 1. The Kier molecular flexibility index (Phi) is 2.73. The molecule has 1 saturated heterocycles. The Bertz CT molecular complexity index is 248. The Morgan fingerprint density at radius 3 is 2.77 bits per heavy atom. The first kappa shape index (κ1) is 9.81. The third kappa shape index (κ3) is 1.58. The van der Waals surface area contributed by atoms with Gasteiger partial charge < -0.3 is 14.7 Å². The first-order chi connectivity index (χ1) is 6.11. The van der Waals surface area contributed by atoms with Crippen LogP contribution in [0.1, 0.15) is 6.92 Å². The molecule has 1 aliphatic rings. The maximum Gasteiger partial charge on any atom is 0.409 e. The molecule has 72 valence electrons.